The minimum absolute atomic E-state index is 0.251. The highest BCUT2D eigenvalue weighted by molar-refractivity contribution is 6.30. The van der Waals surface area contributed by atoms with Crippen LogP contribution in [0.15, 0.2) is 42.6 Å². The minimum Gasteiger partial charge on any atom is -0.368 e. The molecule has 8 nitrogen and oxygen atoms in total. The van der Waals surface area contributed by atoms with E-state index >= 15 is 0 Å². The highest BCUT2D eigenvalue weighted by Crippen LogP contribution is 2.27. The number of hydrogen-bond donors (Lipinski definition) is 3. The molecule has 3 amide bonds. The summed E-state index contributed by atoms with van der Waals surface area (Å²) in [6.07, 6.45) is 1.86. The van der Waals surface area contributed by atoms with E-state index in [0.29, 0.717) is 22.8 Å². The number of primary amides is 1. The van der Waals surface area contributed by atoms with Gasteiger partial charge in [-0.05, 0) is 23.8 Å². The average Bonchev–Trinajstić information content (AvgIpc) is 3.08. The van der Waals surface area contributed by atoms with Crippen LogP contribution in [0.1, 0.15) is 16.1 Å². The number of aromatic nitrogens is 2. The van der Waals surface area contributed by atoms with E-state index in [4.69, 9.17) is 17.3 Å². The van der Waals surface area contributed by atoms with Crippen molar-refractivity contribution in [3.8, 4) is 0 Å². The van der Waals surface area contributed by atoms with Crippen LogP contribution in [-0.4, -0.2) is 40.3 Å². The van der Waals surface area contributed by atoms with E-state index < -0.39 is 17.9 Å². The molecule has 4 N–H and O–H groups in total. The second kappa shape index (κ2) is 6.97. The fourth-order valence-electron chi connectivity index (χ4n) is 3.36. The number of pyridine rings is 1. The van der Waals surface area contributed by atoms with Gasteiger partial charge in [-0.25, -0.2) is 4.98 Å². The summed E-state index contributed by atoms with van der Waals surface area (Å²) in [5.41, 5.74) is 7.71. The molecule has 9 heteroatoms. The van der Waals surface area contributed by atoms with Crippen molar-refractivity contribution in [3.63, 3.8) is 0 Å². The van der Waals surface area contributed by atoms with Crippen LogP contribution in [0.3, 0.4) is 0 Å². The van der Waals surface area contributed by atoms with Gasteiger partial charge in [0.2, 0.25) is 11.8 Å². The molecule has 0 bridgehead atoms. The van der Waals surface area contributed by atoms with Crippen molar-refractivity contribution in [3.05, 3.63) is 59.0 Å². The average molecular weight is 398 g/mol. The quantitative estimate of drug-likeness (QED) is 0.576. The summed E-state index contributed by atoms with van der Waals surface area (Å²) in [6.45, 7) is -0.251. The first kappa shape index (κ1) is 18.0. The number of fused-ring (bicyclic) bond motifs is 2. The molecule has 0 saturated carbocycles. The lowest BCUT2D eigenvalue weighted by atomic mass is 9.97. The third kappa shape index (κ3) is 3.29. The maximum Gasteiger partial charge on any atom is 0.268 e. The number of H-pyrrole nitrogens is 1. The molecule has 3 aromatic rings. The molecule has 1 aliphatic heterocycles. The fourth-order valence-corrected chi connectivity index (χ4v) is 3.52. The summed E-state index contributed by atoms with van der Waals surface area (Å²) >= 11 is 5.87. The van der Waals surface area contributed by atoms with Crippen LogP contribution in [-0.2, 0) is 16.0 Å². The van der Waals surface area contributed by atoms with E-state index in [-0.39, 0.29) is 18.1 Å². The molecule has 0 aliphatic carbocycles. The maximum atomic E-state index is 12.9. The summed E-state index contributed by atoms with van der Waals surface area (Å²) < 4.78 is 0. The number of carbonyl (C=O) groups is 3. The molecule has 1 atom stereocenters. The molecule has 3 heterocycles. The number of amides is 3. The molecular formula is C19H16ClN5O3. The molecule has 1 aromatic carbocycles. The molecule has 1 unspecified atom stereocenters. The molecule has 28 heavy (non-hydrogen) atoms. The third-order valence-corrected chi connectivity index (χ3v) is 4.81. The van der Waals surface area contributed by atoms with Crippen molar-refractivity contribution in [2.45, 2.75) is 12.5 Å². The van der Waals surface area contributed by atoms with Crippen molar-refractivity contribution in [2.75, 3.05) is 11.4 Å². The Morgan fingerprint density at radius 1 is 1.32 bits per heavy atom. The van der Waals surface area contributed by atoms with Gasteiger partial charge in [-0.1, -0.05) is 29.8 Å². The Hall–Kier alpha value is -3.39. The molecule has 0 spiro atoms. The van der Waals surface area contributed by atoms with E-state index in [1.54, 1.807) is 24.3 Å². The van der Waals surface area contributed by atoms with Gasteiger partial charge in [0.25, 0.3) is 5.91 Å². The first-order chi connectivity index (χ1) is 13.4. The molecule has 0 fully saturated rings. The van der Waals surface area contributed by atoms with Gasteiger partial charge >= 0.3 is 0 Å². The number of nitrogens with one attached hydrogen (secondary N) is 2. The Kier molecular flexibility index (Phi) is 4.48. The Balaban J connectivity index is 1.60. The highest BCUT2D eigenvalue weighted by atomic mass is 35.5. The van der Waals surface area contributed by atoms with E-state index in [1.165, 1.54) is 11.1 Å². The van der Waals surface area contributed by atoms with Crippen LogP contribution < -0.4 is 16.0 Å². The van der Waals surface area contributed by atoms with Gasteiger partial charge in [0.05, 0.1) is 11.7 Å². The normalized spacial score (nSPS) is 16.1. The SMILES string of the molecule is NC(=O)CN1C(=O)C(NC(=O)c2cc3cc(Cl)ncc3[nH]2)Cc2ccccc21. The molecule has 0 saturated heterocycles. The van der Waals surface area contributed by atoms with Gasteiger partial charge in [0, 0.05) is 17.5 Å². The number of nitrogens with zero attached hydrogens (tertiary/aromatic N) is 2. The van der Waals surface area contributed by atoms with E-state index in [0.717, 1.165) is 10.9 Å². The lowest BCUT2D eigenvalue weighted by molar-refractivity contribution is -0.123. The van der Waals surface area contributed by atoms with Crippen LogP contribution in [0, 0.1) is 0 Å². The van der Waals surface area contributed by atoms with Crippen LogP contribution >= 0.6 is 11.6 Å². The smallest absolute Gasteiger partial charge is 0.268 e. The van der Waals surface area contributed by atoms with E-state index in [9.17, 15) is 14.4 Å². The first-order valence-corrected chi connectivity index (χ1v) is 8.93. The Morgan fingerprint density at radius 3 is 2.89 bits per heavy atom. The predicted molar refractivity (Wildman–Crippen MR) is 104 cm³/mol. The number of nitrogens with two attached hydrogens (primary N) is 1. The molecular weight excluding hydrogens is 382 g/mol. The summed E-state index contributed by atoms with van der Waals surface area (Å²) in [5.74, 6) is -1.45. The lowest BCUT2D eigenvalue weighted by Gasteiger charge is -2.33. The zero-order chi connectivity index (χ0) is 19.8. The van der Waals surface area contributed by atoms with Crippen molar-refractivity contribution in [2.24, 2.45) is 5.73 Å². The van der Waals surface area contributed by atoms with Crippen molar-refractivity contribution >= 4 is 45.9 Å². The van der Waals surface area contributed by atoms with Gasteiger partial charge in [0.1, 0.15) is 23.4 Å². The number of halogens is 1. The van der Waals surface area contributed by atoms with Crippen LogP contribution in [0.2, 0.25) is 5.15 Å². The molecule has 1 aliphatic rings. The summed E-state index contributed by atoms with van der Waals surface area (Å²) in [6, 6.07) is 9.69. The largest absolute Gasteiger partial charge is 0.368 e. The number of anilines is 1. The zero-order valence-electron chi connectivity index (χ0n) is 14.6. The number of aromatic amines is 1. The highest BCUT2D eigenvalue weighted by Gasteiger charge is 2.34. The topological polar surface area (TPSA) is 121 Å². The second-order valence-corrected chi connectivity index (χ2v) is 6.91. The molecule has 142 valence electrons. The summed E-state index contributed by atoms with van der Waals surface area (Å²) in [7, 11) is 0. The van der Waals surface area contributed by atoms with Gasteiger partial charge in [-0.15, -0.1) is 0 Å². The van der Waals surface area contributed by atoms with Gasteiger partial charge in [-0.2, -0.15) is 0 Å². The lowest BCUT2D eigenvalue weighted by Crippen LogP contribution is -2.54. The van der Waals surface area contributed by atoms with Gasteiger partial charge in [0.15, 0.2) is 0 Å². The third-order valence-electron chi connectivity index (χ3n) is 4.61. The Bertz CT molecular complexity index is 1110. The molecule has 4 rings (SSSR count). The van der Waals surface area contributed by atoms with Gasteiger partial charge < -0.3 is 20.9 Å². The standard InChI is InChI=1S/C19H16ClN5O3/c20-16-7-11-6-12(23-14(11)8-22-16)18(27)24-13-5-10-3-1-2-4-15(10)25(19(13)28)9-17(21)26/h1-4,6-8,13,23H,5,9H2,(H2,21,26)(H,24,27). The van der Waals surface area contributed by atoms with Crippen molar-refractivity contribution in [1.82, 2.24) is 15.3 Å². The first-order valence-electron chi connectivity index (χ1n) is 8.55. The maximum absolute atomic E-state index is 12.9. The number of benzene rings is 1. The van der Waals surface area contributed by atoms with E-state index in [2.05, 4.69) is 15.3 Å². The molecule has 2 aromatic heterocycles. The Labute approximate surface area is 164 Å². The van der Waals surface area contributed by atoms with E-state index in [1.807, 2.05) is 12.1 Å². The van der Waals surface area contributed by atoms with Crippen LogP contribution in [0.5, 0.6) is 0 Å². The Morgan fingerprint density at radius 2 is 2.11 bits per heavy atom. The minimum atomic E-state index is -0.810. The number of hydrogen-bond acceptors (Lipinski definition) is 4. The van der Waals surface area contributed by atoms with Crippen molar-refractivity contribution in [1.29, 1.82) is 0 Å². The van der Waals surface area contributed by atoms with Crippen molar-refractivity contribution < 1.29 is 14.4 Å². The molecule has 0 radical (unpaired) electrons. The number of carbonyl (C=O) groups excluding carboxylic acids is 3. The number of rotatable bonds is 4. The fraction of sp³-hybridized carbons (Fsp3) is 0.158. The second-order valence-electron chi connectivity index (χ2n) is 6.53. The number of para-hydroxylation sites is 1. The van der Waals surface area contributed by atoms with Crippen LogP contribution in [0.25, 0.3) is 10.9 Å². The van der Waals surface area contributed by atoms with Crippen LogP contribution in [0.4, 0.5) is 5.69 Å². The summed E-state index contributed by atoms with van der Waals surface area (Å²) in [4.78, 5) is 45.2. The van der Waals surface area contributed by atoms with Gasteiger partial charge in [-0.3, -0.25) is 14.4 Å². The predicted octanol–water partition coefficient (Wildman–Crippen LogP) is 1.39. The monoisotopic (exact) mass is 397 g/mol. The zero-order valence-corrected chi connectivity index (χ0v) is 15.4. The summed E-state index contributed by atoms with van der Waals surface area (Å²) in [5, 5.41) is 3.79.